The zero-order valence-corrected chi connectivity index (χ0v) is 8.01. The van der Waals surface area contributed by atoms with E-state index in [4.69, 9.17) is 4.74 Å². The number of thiol groups is 1. The van der Waals surface area contributed by atoms with Crippen molar-refractivity contribution in [2.24, 2.45) is 5.92 Å². The zero-order chi connectivity index (χ0) is 8.97. The van der Waals surface area contributed by atoms with E-state index < -0.39 is 0 Å². The summed E-state index contributed by atoms with van der Waals surface area (Å²) in [6, 6.07) is 0. The predicted molar refractivity (Wildman–Crippen MR) is 48.9 cm³/mol. The van der Waals surface area contributed by atoms with Crippen molar-refractivity contribution in [2.75, 3.05) is 33.4 Å². The van der Waals surface area contributed by atoms with Crippen LogP contribution in [0.15, 0.2) is 0 Å². The highest BCUT2D eigenvalue weighted by Crippen LogP contribution is 2.14. The van der Waals surface area contributed by atoms with Gasteiger partial charge in [-0.1, -0.05) is 12.8 Å². The Morgan fingerprint density at radius 2 is 2.42 bits per heavy atom. The quantitative estimate of drug-likeness (QED) is 0.589. The first-order chi connectivity index (χ1) is 5.77. The second-order valence-corrected chi connectivity index (χ2v) is 3.28. The molecular weight excluding hydrogens is 176 g/mol. The highest BCUT2D eigenvalue weighted by atomic mass is 32.1. The van der Waals surface area contributed by atoms with Crippen molar-refractivity contribution in [2.45, 2.75) is 0 Å². The Labute approximate surface area is 77.8 Å². The smallest absolute Gasteiger partial charge is 0.248 e. The second-order valence-electron chi connectivity index (χ2n) is 2.96. The van der Waals surface area contributed by atoms with E-state index in [-0.39, 0.29) is 12.5 Å². The van der Waals surface area contributed by atoms with Crippen LogP contribution in [0.4, 0.5) is 0 Å². The van der Waals surface area contributed by atoms with Gasteiger partial charge in [-0.2, -0.15) is 0 Å². The van der Waals surface area contributed by atoms with E-state index in [0.29, 0.717) is 5.92 Å². The molecule has 12 heavy (non-hydrogen) atoms. The molecule has 1 saturated heterocycles. The Morgan fingerprint density at radius 3 is 2.92 bits per heavy atom. The fraction of sp³-hybridized carbons (Fsp3) is 0.857. The molecule has 0 unspecified atom stereocenters. The third kappa shape index (κ3) is 2.36. The third-order valence-electron chi connectivity index (χ3n) is 1.96. The molecule has 70 valence electrons. The van der Waals surface area contributed by atoms with E-state index in [9.17, 15) is 4.79 Å². The monoisotopic (exact) mass is 190 g/mol. The average Bonchev–Trinajstić information content (AvgIpc) is 1.96. The van der Waals surface area contributed by atoms with E-state index >= 15 is 0 Å². The molecule has 4 nitrogen and oxygen atoms in total. The van der Waals surface area contributed by atoms with Crippen LogP contribution in [0.25, 0.3) is 0 Å². The average molecular weight is 190 g/mol. The summed E-state index contributed by atoms with van der Waals surface area (Å²) >= 11 is 3.89. The van der Waals surface area contributed by atoms with Gasteiger partial charge in [-0.3, -0.25) is 9.52 Å². The highest BCUT2D eigenvalue weighted by Gasteiger charge is 2.29. The summed E-state index contributed by atoms with van der Waals surface area (Å²) in [6.45, 7) is 2.71. The predicted octanol–water partition coefficient (Wildman–Crippen LogP) is -0.474. The number of amides is 1. The van der Waals surface area contributed by atoms with Gasteiger partial charge in [-0.25, -0.2) is 0 Å². The van der Waals surface area contributed by atoms with Crippen LogP contribution in [0.5, 0.6) is 0 Å². The van der Waals surface area contributed by atoms with E-state index in [0.717, 1.165) is 19.6 Å². The van der Waals surface area contributed by atoms with Gasteiger partial charge in [0.25, 0.3) is 0 Å². The lowest BCUT2D eigenvalue weighted by Crippen LogP contribution is -2.53. The Hall–Kier alpha value is -0.260. The first-order valence-corrected chi connectivity index (χ1v) is 4.36. The lowest BCUT2D eigenvalue weighted by molar-refractivity contribution is -0.141. The van der Waals surface area contributed by atoms with Crippen molar-refractivity contribution in [1.82, 2.24) is 9.62 Å². The van der Waals surface area contributed by atoms with E-state index in [1.165, 1.54) is 7.11 Å². The molecule has 1 N–H and O–H groups in total. The summed E-state index contributed by atoms with van der Waals surface area (Å²) in [5.74, 6) is 0.635. The molecule has 0 spiro atoms. The Bertz CT molecular complexity index is 159. The summed E-state index contributed by atoms with van der Waals surface area (Å²) in [7, 11) is 1.53. The maximum absolute atomic E-state index is 11.1. The summed E-state index contributed by atoms with van der Waals surface area (Å²) < 4.78 is 7.52. The van der Waals surface area contributed by atoms with Crippen molar-refractivity contribution in [3.05, 3.63) is 0 Å². The number of hydrogen-bond donors (Lipinski definition) is 2. The van der Waals surface area contributed by atoms with Crippen molar-refractivity contribution >= 4 is 18.7 Å². The van der Waals surface area contributed by atoms with Crippen molar-refractivity contribution in [3.8, 4) is 0 Å². The third-order valence-corrected chi connectivity index (χ3v) is 2.14. The second kappa shape index (κ2) is 4.69. The lowest BCUT2D eigenvalue weighted by atomic mass is 10.0. The first-order valence-electron chi connectivity index (χ1n) is 3.91. The number of hydrogen-bond acceptors (Lipinski definition) is 4. The van der Waals surface area contributed by atoms with Gasteiger partial charge in [0.05, 0.1) is 0 Å². The van der Waals surface area contributed by atoms with Crippen LogP contribution in [0.2, 0.25) is 0 Å². The number of likely N-dealkylation sites (tertiary alicyclic amines) is 1. The number of ether oxygens (including phenoxy) is 1. The fourth-order valence-electron chi connectivity index (χ4n) is 1.25. The number of carbonyl (C=O) groups is 1. The number of carbonyl (C=O) groups excluding carboxylic acids is 1. The molecule has 1 rings (SSSR count). The fourth-order valence-corrected chi connectivity index (χ4v) is 1.50. The van der Waals surface area contributed by atoms with Crippen LogP contribution in [0.3, 0.4) is 0 Å². The van der Waals surface area contributed by atoms with Gasteiger partial charge in [0, 0.05) is 32.7 Å². The molecule has 1 aliphatic rings. The van der Waals surface area contributed by atoms with Crippen LogP contribution in [-0.4, -0.2) is 44.2 Å². The van der Waals surface area contributed by atoms with E-state index in [2.05, 4.69) is 17.5 Å². The minimum absolute atomic E-state index is 0.0768. The standard InChI is InChI=1S/C7H14N2O2S/c1-11-5-7(10)9-3-6(4-9)2-8-12/h6,8,12H,2-5H2,1H3. The first kappa shape index (κ1) is 9.83. The topological polar surface area (TPSA) is 41.6 Å². The molecule has 0 aromatic carbocycles. The number of nitrogens with zero attached hydrogens (tertiary/aromatic N) is 1. The van der Waals surface area contributed by atoms with Gasteiger partial charge in [0.15, 0.2) is 0 Å². The molecule has 0 radical (unpaired) electrons. The normalized spacial score (nSPS) is 17.7. The molecule has 0 aromatic heterocycles. The molecule has 1 fully saturated rings. The van der Waals surface area contributed by atoms with Crippen LogP contribution >= 0.6 is 12.8 Å². The summed E-state index contributed by atoms with van der Waals surface area (Å²) in [4.78, 5) is 12.9. The zero-order valence-electron chi connectivity index (χ0n) is 7.12. The van der Waals surface area contributed by atoms with Gasteiger partial charge >= 0.3 is 0 Å². The molecule has 0 bridgehead atoms. The maximum atomic E-state index is 11.1. The molecule has 1 amide bonds. The van der Waals surface area contributed by atoms with Crippen LogP contribution < -0.4 is 4.72 Å². The van der Waals surface area contributed by atoms with Crippen LogP contribution in [0, 0.1) is 5.92 Å². The van der Waals surface area contributed by atoms with E-state index in [1.807, 2.05) is 0 Å². The lowest BCUT2D eigenvalue weighted by Gasteiger charge is -2.38. The Balaban J connectivity index is 2.12. The SMILES string of the molecule is COCC(=O)N1CC(CNS)C1. The maximum Gasteiger partial charge on any atom is 0.248 e. The van der Waals surface area contributed by atoms with Crippen molar-refractivity contribution in [1.29, 1.82) is 0 Å². The van der Waals surface area contributed by atoms with E-state index in [1.54, 1.807) is 4.90 Å². The molecule has 0 saturated carbocycles. The number of rotatable bonds is 4. The molecule has 5 heteroatoms. The molecule has 0 aromatic rings. The minimum atomic E-state index is 0.0768. The number of methoxy groups -OCH3 is 1. The number of nitrogens with one attached hydrogen (secondary N) is 1. The highest BCUT2D eigenvalue weighted by molar-refractivity contribution is 7.78. The Morgan fingerprint density at radius 1 is 1.75 bits per heavy atom. The molecule has 0 aliphatic carbocycles. The minimum Gasteiger partial charge on any atom is -0.375 e. The van der Waals surface area contributed by atoms with Gasteiger partial charge < -0.3 is 9.64 Å². The molecule has 0 atom stereocenters. The van der Waals surface area contributed by atoms with Crippen LogP contribution in [0.1, 0.15) is 0 Å². The molecular formula is C7H14N2O2S. The van der Waals surface area contributed by atoms with Gasteiger partial charge in [-0.15, -0.1) is 0 Å². The summed E-state index contributed by atoms with van der Waals surface area (Å²) in [6.07, 6.45) is 0. The largest absolute Gasteiger partial charge is 0.375 e. The van der Waals surface area contributed by atoms with Gasteiger partial charge in [-0.05, 0) is 0 Å². The van der Waals surface area contributed by atoms with Crippen molar-refractivity contribution < 1.29 is 9.53 Å². The van der Waals surface area contributed by atoms with Crippen molar-refractivity contribution in [3.63, 3.8) is 0 Å². The Kier molecular flexibility index (Phi) is 3.84. The summed E-state index contributed by atoms with van der Waals surface area (Å²) in [5, 5.41) is 0. The molecule has 1 heterocycles. The summed E-state index contributed by atoms with van der Waals surface area (Å²) in [5.41, 5.74) is 0. The van der Waals surface area contributed by atoms with Gasteiger partial charge in [0.1, 0.15) is 6.61 Å². The molecule has 1 aliphatic heterocycles. The van der Waals surface area contributed by atoms with Crippen LogP contribution in [-0.2, 0) is 9.53 Å². The van der Waals surface area contributed by atoms with Gasteiger partial charge in [0.2, 0.25) is 5.91 Å².